The van der Waals surface area contributed by atoms with Crippen molar-refractivity contribution in [2.24, 2.45) is 0 Å². The summed E-state index contributed by atoms with van der Waals surface area (Å²) in [4.78, 5) is 13.7. The van der Waals surface area contributed by atoms with Crippen molar-refractivity contribution in [3.05, 3.63) is 40.2 Å². The number of rotatable bonds is 5. The average Bonchev–Trinajstić information content (AvgIpc) is 2.53. The van der Waals surface area contributed by atoms with Crippen LogP contribution in [0.4, 0.5) is 0 Å². The maximum absolute atomic E-state index is 11.5. The Morgan fingerprint density at radius 1 is 1.26 bits per heavy atom. The molecule has 0 bridgehead atoms. The van der Waals surface area contributed by atoms with Gasteiger partial charge in [-0.1, -0.05) is 6.42 Å². The zero-order chi connectivity index (χ0) is 16.2. The normalized spacial score (nSPS) is 17.3. The molecule has 23 heavy (non-hydrogen) atoms. The highest BCUT2D eigenvalue weighted by Crippen LogP contribution is 2.22. The van der Waals surface area contributed by atoms with E-state index < -0.39 is 6.10 Å². The molecule has 124 valence electrons. The molecule has 1 aliphatic rings. The van der Waals surface area contributed by atoms with E-state index in [1.807, 2.05) is 19.1 Å². The van der Waals surface area contributed by atoms with Crippen molar-refractivity contribution >= 4 is 11.0 Å². The number of aryl methyl sites for hydroxylation is 1. The minimum Gasteiger partial charge on any atom is -0.491 e. The molecule has 1 fully saturated rings. The van der Waals surface area contributed by atoms with Crippen LogP contribution in [0.5, 0.6) is 5.75 Å². The number of hydrogen-bond acceptors (Lipinski definition) is 5. The number of aliphatic hydroxyl groups excluding tert-OH is 1. The first-order valence-corrected chi connectivity index (χ1v) is 8.19. The topological polar surface area (TPSA) is 62.9 Å². The van der Waals surface area contributed by atoms with Crippen molar-refractivity contribution in [3.63, 3.8) is 0 Å². The molecule has 0 radical (unpaired) electrons. The van der Waals surface area contributed by atoms with E-state index in [1.54, 1.807) is 6.07 Å². The van der Waals surface area contributed by atoms with Gasteiger partial charge in [-0.3, -0.25) is 0 Å². The van der Waals surface area contributed by atoms with Gasteiger partial charge in [0.25, 0.3) is 0 Å². The third-order valence-electron chi connectivity index (χ3n) is 4.28. The molecule has 3 rings (SSSR count). The highest BCUT2D eigenvalue weighted by molar-refractivity contribution is 5.81. The summed E-state index contributed by atoms with van der Waals surface area (Å²) in [6.45, 7) is 4.86. The third-order valence-corrected chi connectivity index (χ3v) is 4.28. The Bertz CT molecular complexity index is 719. The van der Waals surface area contributed by atoms with Crippen molar-refractivity contribution in [1.82, 2.24) is 4.90 Å². The van der Waals surface area contributed by atoms with Gasteiger partial charge in [-0.2, -0.15) is 0 Å². The Morgan fingerprint density at radius 3 is 2.83 bits per heavy atom. The number of piperidine rings is 1. The van der Waals surface area contributed by atoms with Crippen molar-refractivity contribution in [2.45, 2.75) is 32.3 Å². The molecule has 1 saturated heterocycles. The molecule has 1 aliphatic heterocycles. The van der Waals surface area contributed by atoms with Gasteiger partial charge >= 0.3 is 5.63 Å². The Balaban J connectivity index is 1.61. The second-order valence-electron chi connectivity index (χ2n) is 6.23. The number of benzene rings is 1. The van der Waals surface area contributed by atoms with Gasteiger partial charge < -0.3 is 19.2 Å². The van der Waals surface area contributed by atoms with Crippen LogP contribution in [0.25, 0.3) is 11.0 Å². The number of aliphatic hydroxyl groups is 1. The summed E-state index contributed by atoms with van der Waals surface area (Å²) >= 11 is 0. The van der Waals surface area contributed by atoms with Crippen molar-refractivity contribution < 1.29 is 14.3 Å². The van der Waals surface area contributed by atoms with Crippen LogP contribution >= 0.6 is 0 Å². The molecule has 2 aromatic rings. The largest absolute Gasteiger partial charge is 0.491 e. The maximum atomic E-state index is 11.5. The van der Waals surface area contributed by atoms with Gasteiger partial charge in [0.1, 0.15) is 24.0 Å². The van der Waals surface area contributed by atoms with E-state index >= 15 is 0 Å². The molecule has 0 amide bonds. The second kappa shape index (κ2) is 7.15. The van der Waals surface area contributed by atoms with Gasteiger partial charge in [-0.05, 0) is 50.6 Å². The Kier molecular flexibility index (Phi) is 4.98. The van der Waals surface area contributed by atoms with Crippen LogP contribution in [0.3, 0.4) is 0 Å². The average molecular weight is 317 g/mol. The predicted octanol–water partition coefficient (Wildman–Crippen LogP) is 2.33. The molecular formula is C18H23NO4. The maximum Gasteiger partial charge on any atom is 0.336 e. The highest BCUT2D eigenvalue weighted by atomic mass is 16.5. The van der Waals surface area contributed by atoms with Gasteiger partial charge in [-0.15, -0.1) is 0 Å². The molecule has 1 atom stereocenters. The quantitative estimate of drug-likeness (QED) is 0.858. The predicted molar refractivity (Wildman–Crippen MR) is 89.0 cm³/mol. The van der Waals surface area contributed by atoms with Gasteiger partial charge in [-0.25, -0.2) is 4.79 Å². The molecule has 1 aromatic carbocycles. The highest BCUT2D eigenvalue weighted by Gasteiger charge is 2.15. The molecule has 1 N–H and O–H groups in total. The van der Waals surface area contributed by atoms with E-state index in [9.17, 15) is 9.90 Å². The zero-order valence-corrected chi connectivity index (χ0v) is 13.5. The lowest BCUT2D eigenvalue weighted by Crippen LogP contribution is -2.38. The van der Waals surface area contributed by atoms with Crippen LogP contribution in [0, 0.1) is 6.92 Å². The molecule has 0 saturated carbocycles. The van der Waals surface area contributed by atoms with E-state index in [2.05, 4.69) is 4.90 Å². The molecule has 1 aromatic heterocycles. The van der Waals surface area contributed by atoms with Gasteiger partial charge in [0.15, 0.2) is 0 Å². The standard InChI is InChI=1S/C18H23NO4/c1-13-9-18(21)23-17-10-15(5-6-16(13)17)22-12-14(20)11-19-7-3-2-4-8-19/h5-6,9-10,14,20H,2-4,7-8,11-12H2,1H3/t14-/m1/s1. The fourth-order valence-electron chi connectivity index (χ4n) is 3.08. The smallest absolute Gasteiger partial charge is 0.336 e. The summed E-state index contributed by atoms with van der Waals surface area (Å²) in [5.74, 6) is 0.601. The lowest BCUT2D eigenvalue weighted by Gasteiger charge is -2.28. The molecule has 2 heterocycles. The molecule has 0 aliphatic carbocycles. The first-order valence-electron chi connectivity index (χ1n) is 8.19. The minimum atomic E-state index is -0.520. The Labute approximate surface area is 135 Å². The van der Waals surface area contributed by atoms with Gasteiger partial charge in [0, 0.05) is 24.1 Å². The first-order chi connectivity index (χ1) is 11.1. The molecule has 5 heteroatoms. The van der Waals surface area contributed by atoms with E-state index in [0.717, 1.165) is 24.0 Å². The summed E-state index contributed by atoms with van der Waals surface area (Å²) in [6.07, 6.45) is 3.17. The zero-order valence-electron chi connectivity index (χ0n) is 13.5. The fourth-order valence-corrected chi connectivity index (χ4v) is 3.08. The van der Waals surface area contributed by atoms with Crippen molar-refractivity contribution in [2.75, 3.05) is 26.2 Å². The van der Waals surface area contributed by atoms with Crippen molar-refractivity contribution in [3.8, 4) is 5.75 Å². The van der Waals surface area contributed by atoms with Crippen LogP contribution in [0.1, 0.15) is 24.8 Å². The fraction of sp³-hybridized carbons (Fsp3) is 0.500. The first kappa shape index (κ1) is 16.0. The monoisotopic (exact) mass is 317 g/mol. The van der Waals surface area contributed by atoms with E-state index in [1.165, 1.54) is 25.3 Å². The summed E-state index contributed by atoms with van der Waals surface area (Å²) in [5.41, 5.74) is 1.03. The number of fused-ring (bicyclic) bond motifs is 1. The van der Waals surface area contributed by atoms with Crippen LogP contribution < -0.4 is 10.4 Å². The van der Waals surface area contributed by atoms with Crippen molar-refractivity contribution in [1.29, 1.82) is 0 Å². The molecule has 5 nitrogen and oxygen atoms in total. The lowest BCUT2D eigenvalue weighted by atomic mass is 10.1. The summed E-state index contributed by atoms with van der Waals surface area (Å²) in [5, 5.41) is 11.0. The number of hydrogen-bond donors (Lipinski definition) is 1. The number of β-amino-alcohol motifs (C(OH)–C–C–N with tert-alkyl or cyclic N) is 1. The minimum absolute atomic E-state index is 0.234. The second-order valence-corrected chi connectivity index (χ2v) is 6.23. The van der Waals surface area contributed by atoms with Crippen LogP contribution in [0.2, 0.25) is 0 Å². The number of ether oxygens (including phenoxy) is 1. The molecule has 0 unspecified atom stereocenters. The third kappa shape index (κ3) is 4.12. The van der Waals surface area contributed by atoms with E-state index in [4.69, 9.17) is 9.15 Å². The van der Waals surface area contributed by atoms with Gasteiger partial charge in [0.2, 0.25) is 0 Å². The molecule has 0 spiro atoms. The lowest BCUT2D eigenvalue weighted by molar-refractivity contribution is 0.0617. The van der Waals surface area contributed by atoms with Crippen LogP contribution in [0.15, 0.2) is 33.5 Å². The van der Waals surface area contributed by atoms with Crippen LogP contribution in [-0.4, -0.2) is 42.4 Å². The van der Waals surface area contributed by atoms with E-state index in [0.29, 0.717) is 17.9 Å². The number of likely N-dealkylation sites (tertiary alicyclic amines) is 1. The summed E-state index contributed by atoms with van der Waals surface area (Å²) in [7, 11) is 0. The van der Waals surface area contributed by atoms with Crippen LogP contribution in [-0.2, 0) is 0 Å². The summed E-state index contributed by atoms with van der Waals surface area (Å²) in [6, 6.07) is 6.89. The summed E-state index contributed by atoms with van der Waals surface area (Å²) < 4.78 is 10.9. The van der Waals surface area contributed by atoms with E-state index in [-0.39, 0.29) is 12.2 Å². The van der Waals surface area contributed by atoms with Gasteiger partial charge in [0.05, 0.1) is 0 Å². The number of nitrogens with zero attached hydrogens (tertiary/aromatic N) is 1. The SMILES string of the molecule is Cc1cc(=O)oc2cc(OC[C@H](O)CN3CCCCC3)ccc12. The Morgan fingerprint density at radius 2 is 2.04 bits per heavy atom. The molecular weight excluding hydrogens is 294 g/mol. The Hall–Kier alpha value is -1.85.